The van der Waals surface area contributed by atoms with E-state index < -0.39 is 18.0 Å². The highest BCUT2D eigenvalue weighted by Crippen LogP contribution is 2.17. The van der Waals surface area contributed by atoms with E-state index in [2.05, 4.69) is 0 Å². The van der Waals surface area contributed by atoms with E-state index in [0.717, 1.165) is 5.56 Å². The molecule has 1 unspecified atom stereocenters. The standard InChI is InChI=1S/C17H21NO5/c1-12(2)23-16(20)14-8-9-18(10-15(14)19)17(21)22-11-13-6-4-3-5-7-13/h3-7,12,14H,8-11H2,1-2H3. The summed E-state index contributed by atoms with van der Waals surface area (Å²) in [6.45, 7) is 3.81. The first-order valence-electron chi connectivity index (χ1n) is 7.66. The van der Waals surface area contributed by atoms with Crippen LogP contribution in [0.25, 0.3) is 0 Å². The molecule has 1 aromatic rings. The third-order valence-electron chi connectivity index (χ3n) is 3.52. The van der Waals surface area contributed by atoms with Crippen LogP contribution in [0.5, 0.6) is 0 Å². The van der Waals surface area contributed by atoms with Gasteiger partial charge in [-0.3, -0.25) is 9.59 Å². The fourth-order valence-corrected chi connectivity index (χ4v) is 2.35. The van der Waals surface area contributed by atoms with Gasteiger partial charge in [0.15, 0.2) is 5.78 Å². The van der Waals surface area contributed by atoms with Crippen molar-refractivity contribution in [3.05, 3.63) is 35.9 Å². The van der Waals surface area contributed by atoms with Crippen molar-refractivity contribution in [3.8, 4) is 0 Å². The van der Waals surface area contributed by atoms with Crippen molar-refractivity contribution in [3.63, 3.8) is 0 Å². The Morgan fingerprint density at radius 2 is 1.96 bits per heavy atom. The molecule has 124 valence electrons. The molecule has 6 nitrogen and oxygen atoms in total. The normalized spacial score (nSPS) is 18.0. The molecule has 6 heteroatoms. The van der Waals surface area contributed by atoms with E-state index in [4.69, 9.17) is 9.47 Å². The van der Waals surface area contributed by atoms with Gasteiger partial charge in [-0.1, -0.05) is 30.3 Å². The van der Waals surface area contributed by atoms with Crippen molar-refractivity contribution < 1.29 is 23.9 Å². The maximum Gasteiger partial charge on any atom is 0.410 e. The third-order valence-corrected chi connectivity index (χ3v) is 3.52. The lowest BCUT2D eigenvalue weighted by atomic mass is 9.96. The average Bonchev–Trinajstić information content (AvgIpc) is 2.52. The number of Topliss-reactive ketones (excluding diaryl/α,β-unsaturated/α-hetero) is 1. The fraction of sp³-hybridized carbons (Fsp3) is 0.471. The molecule has 1 atom stereocenters. The molecule has 0 saturated carbocycles. The number of rotatable bonds is 4. The highest BCUT2D eigenvalue weighted by molar-refractivity contribution is 6.01. The third kappa shape index (κ3) is 4.81. The predicted octanol–water partition coefficient (Wildman–Crippen LogP) is 2.17. The highest BCUT2D eigenvalue weighted by atomic mass is 16.6. The van der Waals surface area contributed by atoms with Crippen molar-refractivity contribution in [2.75, 3.05) is 13.1 Å². The van der Waals surface area contributed by atoms with E-state index >= 15 is 0 Å². The molecule has 0 aromatic heterocycles. The molecule has 0 N–H and O–H groups in total. The second kappa shape index (κ2) is 7.76. The van der Waals surface area contributed by atoms with Crippen LogP contribution in [-0.4, -0.2) is 41.9 Å². The topological polar surface area (TPSA) is 72.9 Å². The number of hydrogen-bond acceptors (Lipinski definition) is 5. The minimum atomic E-state index is -0.782. The van der Waals surface area contributed by atoms with Gasteiger partial charge in [0.25, 0.3) is 0 Å². The molecule has 0 aliphatic carbocycles. The van der Waals surface area contributed by atoms with Crippen LogP contribution in [0.1, 0.15) is 25.8 Å². The smallest absolute Gasteiger partial charge is 0.410 e. The highest BCUT2D eigenvalue weighted by Gasteiger charge is 2.36. The summed E-state index contributed by atoms with van der Waals surface area (Å²) in [4.78, 5) is 37.2. The summed E-state index contributed by atoms with van der Waals surface area (Å²) in [6.07, 6.45) is -0.535. The Morgan fingerprint density at radius 1 is 1.26 bits per heavy atom. The van der Waals surface area contributed by atoms with E-state index in [1.165, 1.54) is 4.90 Å². The number of piperidine rings is 1. The van der Waals surface area contributed by atoms with Crippen LogP contribution < -0.4 is 0 Å². The first-order chi connectivity index (χ1) is 11.0. The maximum atomic E-state index is 12.1. The minimum absolute atomic E-state index is 0.120. The van der Waals surface area contributed by atoms with Gasteiger partial charge in [-0.05, 0) is 25.8 Å². The Labute approximate surface area is 135 Å². The number of carbonyl (C=O) groups is 3. The SMILES string of the molecule is CC(C)OC(=O)C1CCN(C(=O)OCc2ccccc2)CC1=O. The summed E-state index contributed by atoms with van der Waals surface area (Å²) in [7, 11) is 0. The molecule has 0 spiro atoms. The zero-order chi connectivity index (χ0) is 16.8. The van der Waals surface area contributed by atoms with Crippen LogP contribution >= 0.6 is 0 Å². The second-order valence-corrected chi connectivity index (χ2v) is 5.75. The summed E-state index contributed by atoms with van der Waals surface area (Å²) >= 11 is 0. The number of likely N-dealkylation sites (tertiary alicyclic amines) is 1. The molecular weight excluding hydrogens is 298 g/mol. The van der Waals surface area contributed by atoms with Crippen LogP contribution in [-0.2, 0) is 25.7 Å². The molecular formula is C17H21NO5. The Bertz CT molecular complexity index is 570. The molecule has 1 saturated heterocycles. The largest absolute Gasteiger partial charge is 0.462 e. The Morgan fingerprint density at radius 3 is 2.57 bits per heavy atom. The quantitative estimate of drug-likeness (QED) is 0.628. The number of hydrogen-bond donors (Lipinski definition) is 0. The summed E-state index contributed by atoms with van der Waals surface area (Å²) in [5, 5.41) is 0. The Hall–Kier alpha value is -2.37. The molecule has 0 bridgehead atoms. The minimum Gasteiger partial charge on any atom is -0.462 e. The Balaban J connectivity index is 1.83. The van der Waals surface area contributed by atoms with E-state index in [1.54, 1.807) is 13.8 Å². The van der Waals surface area contributed by atoms with E-state index in [-0.39, 0.29) is 31.5 Å². The van der Waals surface area contributed by atoms with Gasteiger partial charge >= 0.3 is 12.1 Å². The monoisotopic (exact) mass is 319 g/mol. The zero-order valence-electron chi connectivity index (χ0n) is 13.4. The van der Waals surface area contributed by atoms with E-state index in [0.29, 0.717) is 6.54 Å². The molecule has 1 amide bonds. The van der Waals surface area contributed by atoms with Crippen LogP contribution in [0, 0.1) is 5.92 Å². The molecule has 23 heavy (non-hydrogen) atoms. The summed E-state index contributed by atoms with van der Waals surface area (Å²) < 4.78 is 10.3. The maximum absolute atomic E-state index is 12.1. The first kappa shape index (κ1) is 17.0. The number of benzene rings is 1. The number of ether oxygens (including phenoxy) is 2. The molecule has 1 fully saturated rings. The fourth-order valence-electron chi connectivity index (χ4n) is 2.35. The molecule has 1 aromatic carbocycles. The van der Waals surface area contributed by atoms with E-state index in [1.807, 2.05) is 30.3 Å². The number of nitrogens with zero attached hydrogens (tertiary/aromatic N) is 1. The van der Waals surface area contributed by atoms with Crippen LogP contribution in [0.2, 0.25) is 0 Å². The van der Waals surface area contributed by atoms with Crippen LogP contribution in [0.15, 0.2) is 30.3 Å². The molecule has 1 aliphatic heterocycles. The van der Waals surface area contributed by atoms with Crippen molar-refractivity contribution in [2.24, 2.45) is 5.92 Å². The average molecular weight is 319 g/mol. The lowest BCUT2D eigenvalue weighted by Crippen LogP contribution is -2.47. The lowest BCUT2D eigenvalue weighted by Gasteiger charge is -2.29. The van der Waals surface area contributed by atoms with Crippen LogP contribution in [0.4, 0.5) is 4.79 Å². The van der Waals surface area contributed by atoms with Crippen molar-refractivity contribution >= 4 is 17.8 Å². The summed E-state index contributed by atoms with van der Waals surface area (Å²) in [6, 6.07) is 9.31. The molecule has 1 aliphatic rings. The first-order valence-corrected chi connectivity index (χ1v) is 7.66. The van der Waals surface area contributed by atoms with Gasteiger partial charge in [-0.25, -0.2) is 4.79 Å². The second-order valence-electron chi connectivity index (χ2n) is 5.75. The van der Waals surface area contributed by atoms with Gasteiger partial charge in [0.2, 0.25) is 0 Å². The predicted molar refractivity (Wildman–Crippen MR) is 82.5 cm³/mol. The van der Waals surface area contributed by atoms with E-state index in [9.17, 15) is 14.4 Å². The van der Waals surface area contributed by atoms with Crippen molar-refractivity contribution in [2.45, 2.75) is 33.0 Å². The van der Waals surface area contributed by atoms with Crippen LogP contribution in [0.3, 0.4) is 0 Å². The van der Waals surface area contributed by atoms with Crippen molar-refractivity contribution in [1.82, 2.24) is 4.90 Å². The number of amides is 1. The molecule has 0 radical (unpaired) electrons. The van der Waals surface area contributed by atoms with Gasteiger partial charge < -0.3 is 14.4 Å². The lowest BCUT2D eigenvalue weighted by molar-refractivity contribution is -0.157. The van der Waals surface area contributed by atoms with Gasteiger partial charge in [0.1, 0.15) is 12.5 Å². The Kier molecular flexibility index (Phi) is 5.73. The summed E-state index contributed by atoms with van der Waals surface area (Å²) in [5.41, 5.74) is 0.877. The van der Waals surface area contributed by atoms with Gasteiger partial charge in [0.05, 0.1) is 12.6 Å². The van der Waals surface area contributed by atoms with Gasteiger partial charge in [-0.15, -0.1) is 0 Å². The molecule has 2 rings (SSSR count). The van der Waals surface area contributed by atoms with Crippen molar-refractivity contribution in [1.29, 1.82) is 0 Å². The zero-order valence-corrected chi connectivity index (χ0v) is 13.4. The number of ketones is 1. The molecule has 1 heterocycles. The summed E-state index contributed by atoms with van der Waals surface area (Å²) in [5.74, 6) is -1.60. The van der Waals surface area contributed by atoms with Gasteiger partial charge in [0, 0.05) is 6.54 Å². The number of esters is 1. The number of carbonyl (C=O) groups excluding carboxylic acids is 3. The van der Waals surface area contributed by atoms with Gasteiger partial charge in [-0.2, -0.15) is 0 Å².